The maximum absolute atomic E-state index is 13.0. The molecule has 1 heterocycles. The van der Waals surface area contributed by atoms with Crippen LogP contribution in [0.3, 0.4) is 0 Å². The number of halogens is 1. The number of ether oxygens (including phenoxy) is 1. The molecule has 1 aromatic rings. The molecule has 1 aliphatic heterocycles. The number of hydrogen-bond acceptors (Lipinski definition) is 2. The van der Waals surface area contributed by atoms with Gasteiger partial charge in [-0.25, -0.2) is 4.39 Å². The van der Waals surface area contributed by atoms with Gasteiger partial charge in [0.25, 0.3) is 0 Å². The third-order valence-corrected chi connectivity index (χ3v) is 5.15. The van der Waals surface area contributed by atoms with Gasteiger partial charge in [0.05, 0.1) is 13.2 Å². The van der Waals surface area contributed by atoms with E-state index in [4.69, 9.17) is 4.74 Å². The van der Waals surface area contributed by atoms with E-state index in [2.05, 4.69) is 0 Å². The van der Waals surface area contributed by atoms with Crippen molar-refractivity contribution in [1.29, 1.82) is 0 Å². The zero-order valence-electron chi connectivity index (χ0n) is 13.7. The fraction of sp³-hybridized carbons (Fsp3) is 0.632. The maximum Gasteiger partial charge on any atom is 0.222 e. The summed E-state index contributed by atoms with van der Waals surface area (Å²) in [4.78, 5) is 14.4. The van der Waals surface area contributed by atoms with E-state index in [1.165, 1.54) is 44.2 Å². The monoisotopic (exact) mass is 319 g/mol. The second-order valence-corrected chi connectivity index (χ2v) is 6.79. The average Bonchev–Trinajstić information content (AvgIpc) is 2.61. The minimum absolute atomic E-state index is 0.136. The summed E-state index contributed by atoms with van der Waals surface area (Å²) < 4.78 is 18.8. The van der Waals surface area contributed by atoms with Crippen molar-refractivity contribution in [3.05, 3.63) is 35.6 Å². The molecule has 1 atom stereocenters. The molecule has 0 spiro atoms. The van der Waals surface area contributed by atoms with E-state index in [1.807, 2.05) is 4.90 Å². The van der Waals surface area contributed by atoms with Crippen LogP contribution in [0.2, 0.25) is 0 Å². The van der Waals surface area contributed by atoms with Gasteiger partial charge in [-0.3, -0.25) is 4.79 Å². The Morgan fingerprint density at radius 2 is 1.91 bits per heavy atom. The Morgan fingerprint density at radius 3 is 2.65 bits per heavy atom. The van der Waals surface area contributed by atoms with Crippen molar-refractivity contribution in [2.45, 2.75) is 51.0 Å². The number of carbonyl (C=O) groups excluding carboxylic acids is 1. The van der Waals surface area contributed by atoms with Gasteiger partial charge >= 0.3 is 0 Å². The van der Waals surface area contributed by atoms with Gasteiger partial charge in [0.15, 0.2) is 0 Å². The van der Waals surface area contributed by atoms with Crippen LogP contribution in [0.4, 0.5) is 4.39 Å². The lowest BCUT2D eigenvalue weighted by molar-refractivity contribution is -0.139. The summed E-state index contributed by atoms with van der Waals surface area (Å²) >= 11 is 0. The molecular formula is C19H26FNO2. The smallest absolute Gasteiger partial charge is 0.222 e. The molecule has 126 valence electrons. The Labute approximate surface area is 137 Å². The van der Waals surface area contributed by atoms with Crippen molar-refractivity contribution in [1.82, 2.24) is 4.90 Å². The number of hydrogen-bond donors (Lipinski definition) is 0. The van der Waals surface area contributed by atoms with Crippen molar-refractivity contribution in [2.75, 3.05) is 19.7 Å². The van der Waals surface area contributed by atoms with E-state index in [1.54, 1.807) is 12.1 Å². The van der Waals surface area contributed by atoms with Crippen LogP contribution in [0.15, 0.2) is 24.3 Å². The Hall–Kier alpha value is -1.42. The lowest BCUT2D eigenvalue weighted by Gasteiger charge is -2.33. The molecule has 0 unspecified atom stereocenters. The van der Waals surface area contributed by atoms with E-state index in [-0.39, 0.29) is 17.8 Å². The predicted octanol–water partition coefficient (Wildman–Crippen LogP) is 4.09. The zero-order valence-corrected chi connectivity index (χ0v) is 13.7. The second-order valence-electron chi connectivity index (χ2n) is 6.79. The van der Waals surface area contributed by atoms with Crippen LogP contribution in [0.25, 0.3) is 0 Å². The van der Waals surface area contributed by atoms with E-state index < -0.39 is 0 Å². The number of nitrogens with zero attached hydrogens (tertiary/aromatic N) is 1. The van der Waals surface area contributed by atoms with E-state index in [0.717, 1.165) is 17.9 Å². The fourth-order valence-electron chi connectivity index (χ4n) is 3.72. The quantitative estimate of drug-likeness (QED) is 0.836. The van der Waals surface area contributed by atoms with Crippen LogP contribution in [0.1, 0.15) is 56.6 Å². The van der Waals surface area contributed by atoms with Crippen molar-refractivity contribution in [3.8, 4) is 0 Å². The summed E-state index contributed by atoms with van der Waals surface area (Å²) in [5, 5.41) is 0. The van der Waals surface area contributed by atoms with E-state index in [0.29, 0.717) is 26.1 Å². The first-order valence-corrected chi connectivity index (χ1v) is 8.87. The Bertz CT molecular complexity index is 511. The van der Waals surface area contributed by atoms with Crippen LogP contribution in [-0.4, -0.2) is 30.5 Å². The highest BCUT2D eigenvalue weighted by Crippen LogP contribution is 2.28. The zero-order chi connectivity index (χ0) is 16.1. The summed E-state index contributed by atoms with van der Waals surface area (Å²) in [6.45, 7) is 1.80. The normalized spacial score (nSPS) is 23.0. The molecule has 4 heteroatoms. The van der Waals surface area contributed by atoms with Gasteiger partial charge in [0.2, 0.25) is 5.91 Å². The molecular weight excluding hydrogens is 293 g/mol. The molecule has 2 fully saturated rings. The van der Waals surface area contributed by atoms with Crippen molar-refractivity contribution in [3.63, 3.8) is 0 Å². The molecule has 23 heavy (non-hydrogen) atoms. The number of carbonyl (C=O) groups is 1. The molecule has 0 bridgehead atoms. The first kappa shape index (κ1) is 16.4. The molecule has 3 rings (SSSR count). The predicted molar refractivity (Wildman–Crippen MR) is 87.5 cm³/mol. The number of benzene rings is 1. The molecule has 1 saturated heterocycles. The van der Waals surface area contributed by atoms with Gasteiger partial charge < -0.3 is 9.64 Å². The van der Waals surface area contributed by atoms with Crippen LogP contribution in [-0.2, 0) is 9.53 Å². The van der Waals surface area contributed by atoms with Crippen LogP contribution in [0, 0.1) is 11.7 Å². The highest BCUT2D eigenvalue weighted by Gasteiger charge is 2.26. The van der Waals surface area contributed by atoms with Crippen molar-refractivity contribution < 1.29 is 13.9 Å². The number of rotatable bonds is 4. The summed E-state index contributed by atoms with van der Waals surface area (Å²) in [7, 11) is 0. The summed E-state index contributed by atoms with van der Waals surface area (Å²) in [6.07, 6.45) is 8.11. The molecule has 1 aliphatic carbocycles. The Balaban J connectivity index is 1.51. The lowest BCUT2D eigenvalue weighted by atomic mass is 9.86. The molecule has 0 radical (unpaired) electrons. The standard InChI is InChI=1S/C19H26FNO2/c20-17-9-7-16(8-10-17)18-14-21(12-13-23-18)19(22)11-6-15-4-2-1-3-5-15/h7-10,15,18H,1-6,11-14H2/t18-/m1/s1. The third kappa shape index (κ3) is 4.54. The van der Waals surface area contributed by atoms with E-state index in [9.17, 15) is 9.18 Å². The van der Waals surface area contributed by atoms with Gasteiger partial charge in [-0.2, -0.15) is 0 Å². The summed E-state index contributed by atoms with van der Waals surface area (Å²) in [5.41, 5.74) is 0.941. The topological polar surface area (TPSA) is 29.5 Å². The van der Waals surface area contributed by atoms with Crippen molar-refractivity contribution >= 4 is 5.91 Å². The first-order valence-electron chi connectivity index (χ1n) is 8.87. The SMILES string of the molecule is O=C(CCC1CCCCC1)N1CCO[C@@H](c2ccc(F)cc2)C1. The van der Waals surface area contributed by atoms with Gasteiger partial charge in [0, 0.05) is 13.0 Å². The van der Waals surface area contributed by atoms with Gasteiger partial charge in [-0.1, -0.05) is 44.2 Å². The van der Waals surface area contributed by atoms with Gasteiger partial charge in [-0.15, -0.1) is 0 Å². The average molecular weight is 319 g/mol. The van der Waals surface area contributed by atoms with Gasteiger partial charge in [0.1, 0.15) is 11.9 Å². The highest BCUT2D eigenvalue weighted by atomic mass is 19.1. The first-order chi connectivity index (χ1) is 11.2. The second kappa shape index (κ2) is 7.91. The summed E-state index contributed by atoms with van der Waals surface area (Å²) in [6, 6.07) is 6.39. The highest BCUT2D eigenvalue weighted by molar-refractivity contribution is 5.76. The molecule has 1 aromatic carbocycles. The number of morpholine rings is 1. The number of amides is 1. The van der Waals surface area contributed by atoms with Crippen LogP contribution < -0.4 is 0 Å². The third-order valence-electron chi connectivity index (χ3n) is 5.15. The fourth-order valence-corrected chi connectivity index (χ4v) is 3.72. The summed E-state index contributed by atoms with van der Waals surface area (Å²) in [5.74, 6) is 0.734. The molecule has 2 aliphatic rings. The molecule has 0 N–H and O–H groups in total. The van der Waals surface area contributed by atoms with E-state index >= 15 is 0 Å². The van der Waals surface area contributed by atoms with Gasteiger partial charge in [-0.05, 0) is 30.0 Å². The maximum atomic E-state index is 13.0. The molecule has 1 amide bonds. The minimum Gasteiger partial charge on any atom is -0.370 e. The Kier molecular flexibility index (Phi) is 5.65. The molecule has 0 aromatic heterocycles. The Morgan fingerprint density at radius 1 is 1.17 bits per heavy atom. The minimum atomic E-state index is -0.245. The largest absolute Gasteiger partial charge is 0.370 e. The lowest BCUT2D eigenvalue weighted by Crippen LogP contribution is -2.42. The van der Waals surface area contributed by atoms with Crippen LogP contribution in [0.5, 0.6) is 0 Å². The van der Waals surface area contributed by atoms with Crippen molar-refractivity contribution in [2.24, 2.45) is 5.92 Å². The van der Waals surface area contributed by atoms with Crippen LogP contribution >= 0.6 is 0 Å². The molecule has 1 saturated carbocycles. The molecule has 3 nitrogen and oxygen atoms in total.